The number of urea groups is 1. The lowest BCUT2D eigenvalue weighted by molar-refractivity contribution is -0.136. The van der Waals surface area contributed by atoms with E-state index in [4.69, 9.17) is 0 Å². The van der Waals surface area contributed by atoms with Gasteiger partial charge in [0.05, 0.1) is 5.69 Å². The van der Waals surface area contributed by atoms with Gasteiger partial charge in [-0.3, -0.25) is 14.5 Å². The molecule has 27 heavy (non-hydrogen) atoms. The highest BCUT2D eigenvalue weighted by Crippen LogP contribution is 2.34. The largest absolute Gasteiger partial charge is 0.480 e. The summed E-state index contributed by atoms with van der Waals surface area (Å²) in [5.41, 5.74) is 2.15. The Kier molecular flexibility index (Phi) is 5.66. The average molecular weight is 385 g/mol. The van der Waals surface area contributed by atoms with Gasteiger partial charge in [0.25, 0.3) is 5.91 Å². The number of nitrogens with zero attached hydrogens (tertiary/aromatic N) is 1. The van der Waals surface area contributed by atoms with Crippen molar-refractivity contribution in [2.45, 2.75) is 17.9 Å². The van der Waals surface area contributed by atoms with E-state index in [-0.39, 0.29) is 0 Å². The highest BCUT2D eigenvalue weighted by Gasteiger charge is 2.32. The Labute approximate surface area is 160 Å². The second-order valence-corrected chi connectivity index (χ2v) is 7.18. The molecule has 0 radical (unpaired) electrons. The van der Waals surface area contributed by atoms with E-state index in [0.29, 0.717) is 17.1 Å². The summed E-state index contributed by atoms with van der Waals surface area (Å²) in [6.45, 7) is 1.45. The van der Waals surface area contributed by atoms with Gasteiger partial charge in [-0.1, -0.05) is 24.3 Å². The van der Waals surface area contributed by atoms with Gasteiger partial charge >= 0.3 is 12.0 Å². The molecular formula is C19H19N3O4S. The molecule has 2 aromatic rings. The number of aryl methyl sites for hydroxylation is 1. The normalized spacial score (nSPS) is 16.3. The lowest BCUT2D eigenvalue weighted by Crippen LogP contribution is -2.51. The number of nitrogens with one attached hydrogen (secondary N) is 2. The summed E-state index contributed by atoms with van der Waals surface area (Å²) in [7, 11) is 0. The number of hydrogen-bond acceptors (Lipinski definition) is 4. The second-order valence-electron chi connectivity index (χ2n) is 6.12. The molecule has 140 valence electrons. The van der Waals surface area contributed by atoms with Crippen LogP contribution in [0.1, 0.15) is 5.56 Å². The first-order valence-electron chi connectivity index (χ1n) is 8.33. The molecule has 0 saturated heterocycles. The van der Waals surface area contributed by atoms with Crippen molar-refractivity contribution in [3.05, 3.63) is 54.1 Å². The summed E-state index contributed by atoms with van der Waals surface area (Å²) in [5.74, 6) is -1.25. The first kappa shape index (κ1) is 18.8. The molecule has 1 atom stereocenters. The molecule has 3 rings (SSSR count). The molecule has 1 aliphatic rings. The highest BCUT2D eigenvalue weighted by atomic mass is 32.2. The quantitative estimate of drug-likeness (QED) is 0.752. The van der Waals surface area contributed by atoms with Gasteiger partial charge < -0.3 is 15.7 Å². The Morgan fingerprint density at radius 2 is 2.00 bits per heavy atom. The molecule has 0 saturated carbocycles. The van der Waals surface area contributed by atoms with Crippen molar-refractivity contribution in [2.24, 2.45) is 0 Å². The summed E-state index contributed by atoms with van der Waals surface area (Å²) in [5, 5.41) is 14.6. The van der Waals surface area contributed by atoms with Gasteiger partial charge in [-0.25, -0.2) is 4.79 Å². The van der Waals surface area contributed by atoms with E-state index >= 15 is 0 Å². The van der Waals surface area contributed by atoms with Crippen LogP contribution in [0, 0.1) is 6.92 Å². The summed E-state index contributed by atoms with van der Waals surface area (Å²) in [4.78, 5) is 38.5. The maximum Gasteiger partial charge on any atom is 0.323 e. The molecule has 0 spiro atoms. The molecule has 7 nitrogen and oxygen atoms in total. The van der Waals surface area contributed by atoms with Crippen LogP contribution in [0.3, 0.4) is 0 Å². The van der Waals surface area contributed by atoms with Crippen LogP contribution in [0.4, 0.5) is 16.2 Å². The minimum Gasteiger partial charge on any atom is -0.480 e. The molecule has 8 heteroatoms. The molecule has 1 heterocycles. The standard InChI is InChI=1S/C19H19N3O4S/c1-12-5-4-6-13(9-12)20-19(26)21-14-11-27-16-8-3-2-7-15(16)22(18(14)25)10-17(23)24/h2-9,14H,10-11H2,1H3,(H,23,24)(H2,20,21,26)/t14-/m0/s1. The summed E-state index contributed by atoms with van der Waals surface area (Å²) >= 11 is 1.41. The molecule has 0 aromatic heterocycles. The number of rotatable bonds is 4. The molecule has 1 aliphatic heterocycles. The number of para-hydroxylation sites is 1. The Morgan fingerprint density at radius 1 is 1.22 bits per heavy atom. The number of amides is 3. The van der Waals surface area contributed by atoms with E-state index in [0.717, 1.165) is 10.5 Å². The number of aliphatic carboxylic acids is 1. The maximum absolute atomic E-state index is 12.9. The third-order valence-electron chi connectivity index (χ3n) is 4.00. The number of hydrogen-bond donors (Lipinski definition) is 3. The van der Waals surface area contributed by atoms with Crippen molar-refractivity contribution in [1.29, 1.82) is 0 Å². The fraction of sp³-hybridized carbons (Fsp3) is 0.211. The zero-order valence-corrected chi connectivity index (χ0v) is 15.5. The monoisotopic (exact) mass is 385 g/mol. The van der Waals surface area contributed by atoms with Crippen LogP contribution in [-0.4, -0.2) is 41.4 Å². The predicted octanol–water partition coefficient (Wildman–Crippen LogP) is 2.71. The zero-order valence-electron chi connectivity index (χ0n) is 14.6. The SMILES string of the molecule is Cc1cccc(NC(=O)N[C@H]2CSc3ccccc3N(CC(=O)O)C2=O)c1. The smallest absolute Gasteiger partial charge is 0.323 e. The van der Waals surface area contributed by atoms with Crippen LogP contribution in [-0.2, 0) is 9.59 Å². The number of fused-ring (bicyclic) bond motifs is 1. The molecule has 0 bridgehead atoms. The van der Waals surface area contributed by atoms with Crippen molar-refractivity contribution in [3.8, 4) is 0 Å². The number of thioether (sulfide) groups is 1. The number of carbonyl (C=O) groups is 3. The van der Waals surface area contributed by atoms with Crippen LogP contribution in [0.25, 0.3) is 0 Å². The first-order chi connectivity index (χ1) is 12.9. The average Bonchev–Trinajstić information content (AvgIpc) is 2.74. The van der Waals surface area contributed by atoms with E-state index in [1.165, 1.54) is 16.7 Å². The lowest BCUT2D eigenvalue weighted by atomic mass is 10.2. The van der Waals surface area contributed by atoms with Gasteiger partial charge in [0, 0.05) is 16.3 Å². The maximum atomic E-state index is 12.9. The minimum absolute atomic E-state index is 0.313. The molecule has 0 fully saturated rings. The van der Waals surface area contributed by atoms with Crippen molar-refractivity contribution < 1.29 is 19.5 Å². The van der Waals surface area contributed by atoms with E-state index < -0.39 is 30.5 Å². The van der Waals surface area contributed by atoms with Crippen molar-refractivity contribution in [3.63, 3.8) is 0 Å². The van der Waals surface area contributed by atoms with Gasteiger partial charge in [0.15, 0.2) is 0 Å². The third-order valence-corrected chi connectivity index (χ3v) is 5.16. The van der Waals surface area contributed by atoms with Gasteiger partial charge in [-0.05, 0) is 36.8 Å². The molecule has 0 aliphatic carbocycles. The van der Waals surface area contributed by atoms with Crippen LogP contribution < -0.4 is 15.5 Å². The summed E-state index contributed by atoms with van der Waals surface area (Å²) in [6, 6.07) is 13.1. The fourth-order valence-electron chi connectivity index (χ4n) is 2.80. The van der Waals surface area contributed by atoms with Crippen molar-refractivity contribution in [2.75, 3.05) is 22.5 Å². The van der Waals surface area contributed by atoms with Gasteiger partial charge in [-0.15, -0.1) is 11.8 Å². The lowest BCUT2D eigenvalue weighted by Gasteiger charge is -2.24. The van der Waals surface area contributed by atoms with Crippen molar-refractivity contribution in [1.82, 2.24) is 5.32 Å². The topological polar surface area (TPSA) is 98.7 Å². The van der Waals surface area contributed by atoms with E-state index in [1.807, 2.05) is 37.3 Å². The number of carbonyl (C=O) groups excluding carboxylic acids is 2. The number of carboxylic acids is 1. The molecule has 0 unspecified atom stereocenters. The highest BCUT2D eigenvalue weighted by molar-refractivity contribution is 7.99. The fourth-order valence-corrected chi connectivity index (χ4v) is 3.88. The Balaban J connectivity index is 1.77. The van der Waals surface area contributed by atoms with Crippen LogP contribution in [0.2, 0.25) is 0 Å². The predicted molar refractivity (Wildman–Crippen MR) is 104 cm³/mol. The molecule has 3 N–H and O–H groups in total. The van der Waals surface area contributed by atoms with Gasteiger partial charge in [-0.2, -0.15) is 0 Å². The van der Waals surface area contributed by atoms with E-state index in [9.17, 15) is 19.5 Å². The minimum atomic E-state index is -1.12. The van der Waals surface area contributed by atoms with Gasteiger partial charge in [0.2, 0.25) is 0 Å². The molecular weight excluding hydrogens is 366 g/mol. The van der Waals surface area contributed by atoms with E-state index in [1.54, 1.807) is 18.2 Å². The number of carboxylic acid groups (broad SMARTS) is 1. The summed E-state index contributed by atoms with van der Waals surface area (Å²) < 4.78 is 0. The first-order valence-corrected chi connectivity index (χ1v) is 9.32. The Morgan fingerprint density at radius 3 is 2.74 bits per heavy atom. The Hall–Kier alpha value is -3.00. The van der Waals surface area contributed by atoms with E-state index in [2.05, 4.69) is 10.6 Å². The summed E-state index contributed by atoms with van der Waals surface area (Å²) in [6.07, 6.45) is 0. The molecule has 2 aromatic carbocycles. The van der Waals surface area contributed by atoms with Crippen LogP contribution >= 0.6 is 11.8 Å². The van der Waals surface area contributed by atoms with Gasteiger partial charge in [0.1, 0.15) is 12.6 Å². The van der Waals surface area contributed by atoms with Crippen LogP contribution in [0.15, 0.2) is 53.4 Å². The zero-order chi connectivity index (χ0) is 19.4. The number of anilines is 2. The molecule has 3 amide bonds. The third kappa shape index (κ3) is 4.59. The number of benzene rings is 2. The van der Waals surface area contributed by atoms with Crippen LogP contribution in [0.5, 0.6) is 0 Å². The van der Waals surface area contributed by atoms with Crippen molar-refractivity contribution >= 4 is 41.0 Å². The second kappa shape index (κ2) is 8.13. The Bertz CT molecular complexity index is 887.